The molecule has 0 aliphatic carbocycles. The molecule has 0 saturated carbocycles. The van der Waals surface area contributed by atoms with Crippen molar-refractivity contribution in [1.82, 2.24) is 4.98 Å². The average molecular weight is 474 g/mol. The number of carbonyl (C=O) groups is 2. The van der Waals surface area contributed by atoms with Gasteiger partial charge in [0.2, 0.25) is 0 Å². The zero-order valence-electron chi connectivity index (χ0n) is 18.1. The molecule has 1 aromatic heterocycles. The van der Waals surface area contributed by atoms with Crippen LogP contribution in [0.1, 0.15) is 11.1 Å². The molecule has 0 bridgehead atoms. The number of ether oxygens (including phenoxy) is 1. The average Bonchev–Trinajstić information content (AvgIpc) is 3.25. The fourth-order valence-corrected chi connectivity index (χ4v) is 4.26. The van der Waals surface area contributed by atoms with Crippen LogP contribution in [-0.2, 0) is 14.3 Å². The van der Waals surface area contributed by atoms with Crippen LogP contribution in [0.15, 0.2) is 72.8 Å². The molecule has 3 aromatic carbocycles. The number of thiazole rings is 1. The first kappa shape index (κ1) is 22.8. The molecule has 8 nitrogen and oxygen atoms in total. The number of nitro benzene ring substituents is 1. The fourth-order valence-electron chi connectivity index (χ4n) is 3.19. The number of nitrogens with one attached hydrogen (secondary N) is 1. The normalized spacial score (nSPS) is 11.0. The van der Waals surface area contributed by atoms with Gasteiger partial charge >= 0.3 is 5.97 Å². The molecule has 0 unspecified atom stereocenters. The number of para-hydroxylation sites is 1. The Hall–Kier alpha value is -4.37. The van der Waals surface area contributed by atoms with E-state index in [-0.39, 0.29) is 11.3 Å². The van der Waals surface area contributed by atoms with Gasteiger partial charge in [0.05, 0.1) is 20.7 Å². The Bertz CT molecular complexity index is 1410. The zero-order chi connectivity index (χ0) is 24.1. The summed E-state index contributed by atoms with van der Waals surface area (Å²) >= 11 is 1.60. The van der Waals surface area contributed by atoms with Crippen molar-refractivity contribution < 1.29 is 19.2 Å². The molecular weight excluding hydrogens is 454 g/mol. The van der Waals surface area contributed by atoms with Gasteiger partial charge in [0, 0.05) is 23.4 Å². The molecule has 1 heterocycles. The summed E-state index contributed by atoms with van der Waals surface area (Å²) in [5, 5.41) is 14.6. The highest BCUT2D eigenvalue weighted by molar-refractivity contribution is 7.21. The lowest BCUT2D eigenvalue weighted by atomic mass is 10.1. The number of benzene rings is 3. The van der Waals surface area contributed by atoms with E-state index in [1.165, 1.54) is 29.8 Å². The molecule has 0 atom stereocenters. The Kier molecular flexibility index (Phi) is 6.74. The van der Waals surface area contributed by atoms with E-state index in [0.717, 1.165) is 26.9 Å². The number of aryl methyl sites for hydroxylation is 1. The molecule has 0 radical (unpaired) electrons. The molecule has 1 N–H and O–H groups in total. The molecule has 9 heteroatoms. The number of carbonyl (C=O) groups excluding carboxylic acids is 2. The largest absolute Gasteiger partial charge is 0.452 e. The van der Waals surface area contributed by atoms with E-state index in [1.807, 2.05) is 31.2 Å². The van der Waals surface area contributed by atoms with Crippen molar-refractivity contribution >= 4 is 50.9 Å². The Morgan fingerprint density at radius 3 is 2.65 bits per heavy atom. The van der Waals surface area contributed by atoms with Crippen LogP contribution < -0.4 is 5.32 Å². The molecule has 0 aliphatic rings. The summed E-state index contributed by atoms with van der Waals surface area (Å²) < 4.78 is 6.03. The van der Waals surface area contributed by atoms with Crippen LogP contribution in [0.5, 0.6) is 0 Å². The highest BCUT2D eigenvalue weighted by atomic mass is 32.1. The fraction of sp³-hybridized carbons (Fsp3) is 0.0800. The van der Waals surface area contributed by atoms with Crippen molar-refractivity contribution in [2.45, 2.75) is 6.92 Å². The lowest BCUT2D eigenvalue weighted by molar-refractivity contribution is -0.385. The Balaban J connectivity index is 1.31. The van der Waals surface area contributed by atoms with Gasteiger partial charge in [-0.3, -0.25) is 14.9 Å². The summed E-state index contributed by atoms with van der Waals surface area (Å²) in [6.07, 6.45) is 2.32. The number of fused-ring (bicyclic) bond motifs is 1. The van der Waals surface area contributed by atoms with Crippen LogP contribution in [0.3, 0.4) is 0 Å². The van der Waals surface area contributed by atoms with E-state index in [0.29, 0.717) is 5.69 Å². The summed E-state index contributed by atoms with van der Waals surface area (Å²) in [7, 11) is 0. The molecule has 0 saturated heterocycles. The van der Waals surface area contributed by atoms with Crippen LogP contribution in [0, 0.1) is 17.0 Å². The van der Waals surface area contributed by atoms with E-state index in [9.17, 15) is 19.7 Å². The second kappa shape index (κ2) is 10.1. The molecule has 4 rings (SSSR count). The highest BCUT2D eigenvalue weighted by Gasteiger charge is 2.11. The summed E-state index contributed by atoms with van der Waals surface area (Å²) in [6.45, 7) is 1.55. The first-order valence-electron chi connectivity index (χ1n) is 10.2. The van der Waals surface area contributed by atoms with E-state index >= 15 is 0 Å². The number of esters is 1. The van der Waals surface area contributed by atoms with Gasteiger partial charge < -0.3 is 10.1 Å². The number of hydrogen-bond acceptors (Lipinski definition) is 7. The Labute approximate surface area is 198 Å². The minimum Gasteiger partial charge on any atom is -0.452 e. The van der Waals surface area contributed by atoms with Crippen molar-refractivity contribution in [3.8, 4) is 10.6 Å². The second-order valence-corrected chi connectivity index (χ2v) is 8.40. The predicted molar refractivity (Wildman–Crippen MR) is 132 cm³/mol. The van der Waals surface area contributed by atoms with Crippen LogP contribution in [0.4, 0.5) is 11.4 Å². The van der Waals surface area contributed by atoms with Crippen molar-refractivity contribution in [1.29, 1.82) is 0 Å². The van der Waals surface area contributed by atoms with Crippen LogP contribution in [0.25, 0.3) is 26.9 Å². The van der Waals surface area contributed by atoms with Gasteiger partial charge in [-0.25, -0.2) is 9.78 Å². The van der Waals surface area contributed by atoms with E-state index in [2.05, 4.69) is 16.4 Å². The minimum atomic E-state index is -0.783. The van der Waals surface area contributed by atoms with Crippen molar-refractivity contribution in [2.75, 3.05) is 11.9 Å². The van der Waals surface area contributed by atoms with Gasteiger partial charge in [0.1, 0.15) is 5.01 Å². The van der Waals surface area contributed by atoms with Crippen molar-refractivity contribution in [2.24, 2.45) is 0 Å². The Morgan fingerprint density at radius 2 is 1.88 bits per heavy atom. The summed E-state index contributed by atoms with van der Waals surface area (Å²) in [5.41, 5.74) is 3.74. The molecule has 0 aliphatic heterocycles. The Morgan fingerprint density at radius 1 is 1.12 bits per heavy atom. The quantitative estimate of drug-likeness (QED) is 0.167. The second-order valence-electron chi connectivity index (χ2n) is 7.37. The zero-order valence-corrected chi connectivity index (χ0v) is 18.9. The molecule has 1 amide bonds. The van der Waals surface area contributed by atoms with Gasteiger partial charge in [-0.1, -0.05) is 18.2 Å². The van der Waals surface area contributed by atoms with Gasteiger partial charge in [-0.15, -0.1) is 11.3 Å². The third-order valence-corrected chi connectivity index (χ3v) is 5.90. The SMILES string of the molecule is Cc1ccc2nc(-c3ccc(NC(=O)COC(=O)C=Cc4ccccc4[N+](=O)[O-])cc3)sc2c1. The van der Waals surface area contributed by atoms with Gasteiger partial charge in [-0.2, -0.15) is 0 Å². The van der Waals surface area contributed by atoms with E-state index in [4.69, 9.17) is 4.74 Å². The number of nitro groups is 1. The van der Waals surface area contributed by atoms with Gasteiger partial charge in [0.25, 0.3) is 11.6 Å². The molecule has 0 fully saturated rings. The molecular formula is C25H19N3O5S. The number of nitrogens with zero attached hydrogens (tertiary/aromatic N) is 2. The summed E-state index contributed by atoms with van der Waals surface area (Å²) in [4.78, 5) is 39.1. The maximum Gasteiger partial charge on any atom is 0.331 e. The number of amides is 1. The van der Waals surface area contributed by atoms with E-state index in [1.54, 1.807) is 29.5 Å². The molecule has 170 valence electrons. The predicted octanol–water partition coefficient (Wildman–Crippen LogP) is 5.38. The summed E-state index contributed by atoms with van der Waals surface area (Å²) in [5.74, 6) is -1.29. The standard InChI is InChI=1S/C25H19N3O5S/c1-16-6-12-20-22(14-16)34-25(27-20)18-7-10-19(11-8-18)26-23(29)15-33-24(30)13-9-17-4-2-3-5-21(17)28(31)32/h2-14H,15H2,1H3,(H,26,29). The third kappa shape index (κ3) is 5.51. The maximum atomic E-state index is 12.1. The van der Waals surface area contributed by atoms with Gasteiger partial charge in [-0.05, 0) is 61.0 Å². The van der Waals surface area contributed by atoms with Crippen molar-refractivity contribution in [3.63, 3.8) is 0 Å². The number of hydrogen-bond donors (Lipinski definition) is 1. The highest BCUT2D eigenvalue weighted by Crippen LogP contribution is 2.31. The van der Waals surface area contributed by atoms with E-state index < -0.39 is 23.4 Å². The maximum absolute atomic E-state index is 12.1. The van der Waals surface area contributed by atoms with Crippen molar-refractivity contribution in [3.05, 3.63) is 94.0 Å². The molecule has 0 spiro atoms. The first-order valence-corrected chi connectivity index (χ1v) is 11.1. The lowest BCUT2D eigenvalue weighted by Gasteiger charge is -2.06. The third-order valence-electron chi connectivity index (χ3n) is 4.84. The van der Waals surface area contributed by atoms with Crippen LogP contribution in [-0.4, -0.2) is 28.4 Å². The lowest BCUT2D eigenvalue weighted by Crippen LogP contribution is -2.20. The smallest absolute Gasteiger partial charge is 0.331 e. The number of anilines is 1. The summed E-state index contributed by atoms with van der Waals surface area (Å²) in [6, 6.07) is 19.3. The number of aromatic nitrogens is 1. The van der Waals surface area contributed by atoms with Crippen LogP contribution >= 0.6 is 11.3 Å². The molecule has 4 aromatic rings. The topological polar surface area (TPSA) is 111 Å². The number of rotatable bonds is 7. The first-order chi connectivity index (χ1) is 16.4. The molecule has 34 heavy (non-hydrogen) atoms. The van der Waals surface area contributed by atoms with Gasteiger partial charge in [0.15, 0.2) is 6.61 Å². The monoisotopic (exact) mass is 473 g/mol. The minimum absolute atomic E-state index is 0.131. The van der Waals surface area contributed by atoms with Crippen LogP contribution in [0.2, 0.25) is 0 Å².